The monoisotopic (exact) mass is 352 g/mol. The maximum atomic E-state index is 14.3. The molecule has 1 aromatic carbocycles. The van der Waals surface area contributed by atoms with Crippen LogP contribution in [0.2, 0.25) is 0 Å². The molecule has 1 aliphatic heterocycles. The number of nitrogens with zero attached hydrogens (tertiary/aromatic N) is 1. The fourth-order valence-electron chi connectivity index (χ4n) is 2.92. The summed E-state index contributed by atoms with van der Waals surface area (Å²) in [5.41, 5.74) is 0.727. The van der Waals surface area contributed by atoms with Crippen LogP contribution in [0.4, 0.5) is 4.39 Å². The third kappa shape index (κ3) is 5.27. The second-order valence-electron chi connectivity index (χ2n) is 5.30. The Labute approximate surface area is 145 Å². The number of ether oxygens (including phenoxy) is 1. The minimum Gasteiger partial charge on any atom is -0.496 e. The van der Waals surface area contributed by atoms with E-state index in [0.29, 0.717) is 5.75 Å². The zero-order valence-electron chi connectivity index (χ0n) is 13.3. The normalized spacial score (nSPS) is 16.3. The number of piperazine rings is 1. The van der Waals surface area contributed by atoms with Gasteiger partial charge in [-0.3, -0.25) is 4.90 Å². The first kappa shape index (κ1) is 21.4. The minimum absolute atomic E-state index is 0. The first-order chi connectivity index (χ1) is 9.77. The lowest BCUT2D eigenvalue weighted by Crippen LogP contribution is -2.45. The molecule has 0 saturated carbocycles. The molecule has 1 aliphatic rings. The standard InChI is InChI=1S/C16H25FN2O.2ClH/c1-3-4-7-14(19-11-9-18-10-12-19)16-13(17)6-5-8-15(16)20-2;;/h5-6,8,14,18H,3-4,7,9-12H2,1-2H3;2*1H/t14-;;/m0../s1. The van der Waals surface area contributed by atoms with Gasteiger partial charge >= 0.3 is 0 Å². The topological polar surface area (TPSA) is 24.5 Å². The largest absolute Gasteiger partial charge is 0.496 e. The molecule has 1 fully saturated rings. The Balaban J connectivity index is 0.00000220. The summed E-state index contributed by atoms with van der Waals surface area (Å²) in [6, 6.07) is 5.23. The fraction of sp³-hybridized carbons (Fsp3) is 0.625. The summed E-state index contributed by atoms with van der Waals surface area (Å²) in [5, 5.41) is 3.35. The molecule has 0 unspecified atom stereocenters. The van der Waals surface area contributed by atoms with Gasteiger partial charge in [-0.15, -0.1) is 24.8 Å². The van der Waals surface area contributed by atoms with Gasteiger partial charge in [-0.1, -0.05) is 25.8 Å². The molecule has 3 nitrogen and oxygen atoms in total. The fourth-order valence-corrected chi connectivity index (χ4v) is 2.92. The van der Waals surface area contributed by atoms with E-state index >= 15 is 0 Å². The van der Waals surface area contributed by atoms with E-state index in [-0.39, 0.29) is 36.7 Å². The number of halogens is 3. The van der Waals surface area contributed by atoms with Crippen molar-refractivity contribution in [1.29, 1.82) is 0 Å². The lowest BCUT2D eigenvalue weighted by atomic mass is 9.97. The van der Waals surface area contributed by atoms with Crippen LogP contribution in [0, 0.1) is 5.82 Å². The first-order valence-electron chi connectivity index (χ1n) is 7.55. The molecule has 0 aromatic heterocycles. The van der Waals surface area contributed by atoms with Crippen molar-refractivity contribution in [1.82, 2.24) is 10.2 Å². The Morgan fingerprint density at radius 2 is 1.95 bits per heavy atom. The maximum Gasteiger partial charge on any atom is 0.131 e. The molecule has 1 aromatic rings. The second-order valence-corrected chi connectivity index (χ2v) is 5.30. The van der Waals surface area contributed by atoms with Crippen LogP contribution < -0.4 is 10.1 Å². The Bertz CT molecular complexity index is 429. The van der Waals surface area contributed by atoms with Crippen LogP contribution in [-0.2, 0) is 0 Å². The van der Waals surface area contributed by atoms with E-state index in [1.165, 1.54) is 0 Å². The van der Waals surface area contributed by atoms with Gasteiger partial charge in [0.05, 0.1) is 7.11 Å². The average molecular weight is 353 g/mol. The Hall–Kier alpha value is -0.550. The zero-order valence-corrected chi connectivity index (χ0v) is 14.9. The summed E-state index contributed by atoms with van der Waals surface area (Å²) >= 11 is 0. The van der Waals surface area contributed by atoms with E-state index in [1.807, 2.05) is 6.07 Å². The predicted molar refractivity (Wildman–Crippen MR) is 94.2 cm³/mol. The number of nitrogens with one attached hydrogen (secondary N) is 1. The first-order valence-corrected chi connectivity index (χ1v) is 7.55. The smallest absolute Gasteiger partial charge is 0.131 e. The highest BCUT2D eigenvalue weighted by atomic mass is 35.5. The number of benzene rings is 1. The van der Waals surface area contributed by atoms with Gasteiger partial charge in [0.1, 0.15) is 11.6 Å². The number of unbranched alkanes of at least 4 members (excludes halogenated alkanes) is 1. The van der Waals surface area contributed by atoms with Crippen molar-refractivity contribution in [2.75, 3.05) is 33.3 Å². The van der Waals surface area contributed by atoms with Gasteiger partial charge in [0, 0.05) is 37.8 Å². The van der Waals surface area contributed by atoms with Gasteiger partial charge in [0.15, 0.2) is 0 Å². The SMILES string of the molecule is CCCC[C@@H](c1c(F)cccc1OC)N1CCNCC1.Cl.Cl. The third-order valence-electron chi connectivity index (χ3n) is 3.99. The van der Waals surface area contributed by atoms with Crippen LogP contribution >= 0.6 is 24.8 Å². The number of rotatable bonds is 6. The summed E-state index contributed by atoms with van der Waals surface area (Å²) in [5.74, 6) is 0.522. The molecule has 0 aliphatic carbocycles. The number of hydrogen-bond acceptors (Lipinski definition) is 3. The molecule has 0 bridgehead atoms. The molecule has 6 heteroatoms. The molecule has 1 N–H and O–H groups in total. The van der Waals surface area contributed by atoms with E-state index in [9.17, 15) is 4.39 Å². The van der Waals surface area contributed by atoms with Crippen molar-refractivity contribution in [2.24, 2.45) is 0 Å². The minimum atomic E-state index is -0.149. The molecule has 1 saturated heterocycles. The van der Waals surface area contributed by atoms with Gasteiger partial charge < -0.3 is 10.1 Å². The molecule has 128 valence electrons. The van der Waals surface area contributed by atoms with E-state index in [4.69, 9.17) is 4.74 Å². The lowest BCUT2D eigenvalue weighted by Gasteiger charge is -2.36. The summed E-state index contributed by atoms with van der Waals surface area (Å²) in [4.78, 5) is 2.38. The summed E-state index contributed by atoms with van der Waals surface area (Å²) in [6.45, 7) is 6.05. The van der Waals surface area contributed by atoms with Crippen molar-refractivity contribution in [3.63, 3.8) is 0 Å². The van der Waals surface area contributed by atoms with Crippen molar-refractivity contribution in [2.45, 2.75) is 32.2 Å². The van der Waals surface area contributed by atoms with E-state index in [2.05, 4.69) is 17.1 Å². The summed E-state index contributed by atoms with van der Waals surface area (Å²) in [6.07, 6.45) is 3.21. The molecule has 1 atom stereocenters. The van der Waals surface area contributed by atoms with Crippen LogP contribution in [-0.4, -0.2) is 38.2 Å². The van der Waals surface area contributed by atoms with Crippen LogP contribution in [0.25, 0.3) is 0 Å². The zero-order chi connectivity index (χ0) is 14.4. The van der Waals surface area contributed by atoms with Crippen molar-refractivity contribution in [3.8, 4) is 5.75 Å². The molecular formula is C16H27Cl2FN2O. The molecule has 0 amide bonds. The van der Waals surface area contributed by atoms with Crippen molar-refractivity contribution < 1.29 is 9.13 Å². The Kier molecular flexibility index (Phi) is 10.8. The van der Waals surface area contributed by atoms with E-state index in [1.54, 1.807) is 19.2 Å². The quantitative estimate of drug-likeness (QED) is 0.842. The molecule has 1 heterocycles. The van der Waals surface area contributed by atoms with Crippen molar-refractivity contribution >= 4 is 24.8 Å². The van der Waals surface area contributed by atoms with Crippen LogP contribution in [0.1, 0.15) is 37.8 Å². The van der Waals surface area contributed by atoms with E-state index in [0.717, 1.165) is 51.0 Å². The highest BCUT2D eigenvalue weighted by Crippen LogP contribution is 2.35. The van der Waals surface area contributed by atoms with Crippen LogP contribution in [0.15, 0.2) is 18.2 Å². The average Bonchev–Trinajstić information content (AvgIpc) is 2.50. The Morgan fingerprint density at radius 3 is 2.55 bits per heavy atom. The van der Waals surface area contributed by atoms with Gasteiger partial charge in [0.2, 0.25) is 0 Å². The summed E-state index contributed by atoms with van der Waals surface area (Å²) in [7, 11) is 1.62. The van der Waals surface area contributed by atoms with Crippen molar-refractivity contribution in [3.05, 3.63) is 29.6 Å². The molecule has 22 heavy (non-hydrogen) atoms. The third-order valence-corrected chi connectivity index (χ3v) is 3.99. The van der Waals surface area contributed by atoms with Crippen LogP contribution in [0.5, 0.6) is 5.75 Å². The predicted octanol–water partition coefficient (Wildman–Crippen LogP) is 3.81. The summed E-state index contributed by atoms with van der Waals surface area (Å²) < 4.78 is 19.7. The van der Waals surface area contributed by atoms with Gasteiger partial charge in [-0.05, 0) is 18.6 Å². The van der Waals surface area contributed by atoms with Gasteiger partial charge in [-0.25, -0.2) is 4.39 Å². The highest BCUT2D eigenvalue weighted by Gasteiger charge is 2.26. The molecule has 2 rings (SSSR count). The van der Waals surface area contributed by atoms with Gasteiger partial charge in [-0.2, -0.15) is 0 Å². The molecular weight excluding hydrogens is 326 g/mol. The molecule has 0 spiro atoms. The maximum absolute atomic E-state index is 14.3. The number of hydrogen-bond donors (Lipinski definition) is 1. The highest BCUT2D eigenvalue weighted by molar-refractivity contribution is 5.85. The number of methoxy groups -OCH3 is 1. The lowest BCUT2D eigenvalue weighted by molar-refractivity contribution is 0.157. The van der Waals surface area contributed by atoms with Crippen LogP contribution in [0.3, 0.4) is 0 Å². The second kappa shape index (κ2) is 11.1. The Morgan fingerprint density at radius 1 is 1.27 bits per heavy atom. The molecule has 0 radical (unpaired) electrons. The van der Waals surface area contributed by atoms with Gasteiger partial charge in [0.25, 0.3) is 0 Å². The van der Waals surface area contributed by atoms with E-state index < -0.39 is 0 Å².